The van der Waals surface area contributed by atoms with Gasteiger partial charge in [0, 0.05) is 18.1 Å². The van der Waals surface area contributed by atoms with Gasteiger partial charge in [0.05, 0.1) is 17.6 Å². The Morgan fingerprint density at radius 3 is 2.59 bits per heavy atom. The molecule has 2 aromatic heterocycles. The Balaban J connectivity index is 2.08. The summed E-state index contributed by atoms with van der Waals surface area (Å²) in [5.74, 6) is 0.491. The van der Waals surface area contributed by atoms with E-state index in [2.05, 4.69) is 9.97 Å². The van der Waals surface area contributed by atoms with Gasteiger partial charge in [0.1, 0.15) is 11.6 Å². The van der Waals surface area contributed by atoms with E-state index in [1.54, 1.807) is 0 Å². The van der Waals surface area contributed by atoms with Gasteiger partial charge in [-0.05, 0) is 30.7 Å². The Hall–Kier alpha value is -2.21. The number of fused-ring (bicyclic) bond motifs is 1. The second-order valence-corrected chi connectivity index (χ2v) is 7.62. The van der Waals surface area contributed by atoms with Gasteiger partial charge in [0.2, 0.25) is 0 Å². The predicted octanol–water partition coefficient (Wildman–Crippen LogP) is 2.33. The smallest absolute Gasteiger partial charge is 0.154 e. The highest BCUT2D eigenvalue weighted by molar-refractivity contribution is 7.89. The van der Waals surface area contributed by atoms with Crippen molar-refractivity contribution in [1.82, 2.24) is 14.5 Å². The number of nitrogens with zero attached hydrogens (tertiary/aromatic N) is 3. The van der Waals surface area contributed by atoms with Gasteiger partial charge in [-0.15, -0.1) is 0 Å². The number of para-hydroxylation sites is 2. The molecule has 0 aliphatic heterocycles. The van der Waals surface area contributed by atoms with Crippen LogP contribution in [0.3, 0.4) is 0 Å². The normalized spacial score (nSPS) is 11.9. The number of imidazole rings is 1. The van der Waals surface area contributed by atoms with Crippen molar-refractivity contribution in [2.45, 2.75) is 19.2 Å². The van der Waals surface area contributed by atoms with Gasteiger partial charge in [-0.25, -0.2) is 13.4 Å². The summed E-state index contributed by atoms with van der Waals surface area (Å²) in [5, 5.41) is 0. The van der Waals surface area contributed by atoms with E-state index in [0.717, 1.165) is 22.3 Å². The first-order valence-corrected chi connectivity index (χ1v) is 9.02. The molecule has 0 saturated heterocycles. The minimum atomic E-state index is -3.15. The van der Waals surface area contributed by atoms with Crippen LogP contribution < -0.4 is 0 Å². The molecule has 0 fully saturated rings. The number of rotatable bonds is 4. The summed E-state index contributed by atoms with van der Waals surface area (Å²) < 4.78 is 25.3. The first-order valence-electron chi connectivity index (χ1n) is 6.96. The molecule has 0 aliphatic carbocycles. The Kier molecular flexibility index (Phi) is 3.70. The number of aryl methyl sites for hydroxylation is 1. The van der Waals surface area contributed by atoms with Gasteiger partial charge >= 0.3 is 0 Å². The molecule has 22 heavy (non-hydrogen) atoms. The zero-order chi connectivity index (χ0) is 15.7. The third-order valence-corrected chi connectivity index (χ3v) is 4.22. The molecule has 114 valence electrons. The van der Waals surface area contributed by atoms with Crippen molar-refractivity contribution in [1.29, 1.82) is 0 Å². The molecule has 0 aliphatic rings. The molecule has 3 rings (SSSR count). The van der Waals surface area contributed by atoms with Crippen molar-refractivity contribution < 1.29 is 8.42 Å². The lowest BCUT2D eigenvalue weighted by Gasteiger charge is -2.09. The SMILES string of the molecule is Cc1ccc(Cn2c(CS(C)(=O)=O)nc3ccccc32)cn1. The van der Waals surface area contributed by atoms with Gasteiger partial charge in [-0.3, -0.25) is 4.98 Å². The van der Waals surface area contributed by atoms with Crippen molar-refractivity contribution in [3.63, 3.8) is 0 Å². The fourth-order valence-corrected chi connectivity index (χ4v) is 3.11. The zero-order valence-corrected chi connectivity index (χ0v) is 13.3. The highest BCUT2D eigenvalue weighted by atomic mass is 32.2. The molecule has 0 N–H and O–H groups in total. The predicted molar refractivity (Wildman–Crippen MR) is 86.4 cm³/mol. The summed E-state index contributed by atoms with van der Waals surface area (Å²) in [6, 6.07) is 11.6. The maximum absolute atomic E-state index is 11.7. The first kappa shape index (κ1) is 14.7. The maximum atomic E-state index is 11.7. The highest BCUT2D eigenvalue weighted by Crippen LogP contribution is 2.19. The molecule has 0 atom stereocenters. The van der Waals surface area contributed by atoms with Gasteiger partial charge < -0.3 is 4.57 Å². The Morgan fingerprint density at radius 2 is 1.91 bits per heavy atom. The summed E-state index contributed by atoms with van der Waals surface area (Å²) in [6.07, 6.45) is 3.04. The Bertz CT molecular complexity index is 912. The lowest BCUT2D eigenvalue weighted by atomic mass is 10.2. The molecule has 1 aromatic carbocycles. The van der Waals surface area contributed by atoms with Crippen LogP contribution in [0.25, 0.3) is 11.0 Å². The molecule has 0 radical (unpaired) electrons. The third kappa shape index (κ3) is 3.17. The molecule has 0 saturated carbocycles. The van der Waals surface area contributed by atoms with Gasteiger partial charge in [-0.2, -0.15) is 0 Å². The molecule has 3 aromatic rings. The van der Waals surface area contributed by atoms with Crippen LogP contribution in [0.5, 0.6) is 0 Å². The zero-order valence-electron chi connectivity index (χ0n) is 12.5. The van der Waals surface area contributed by atoms with E-state index in [9.17, 15) is 8.42 Å². The topological polar surface area (TPSA) is 64.8 Å². The molecular weight excluding hydrogens is 298 g/mol. The molecule has 0 unspecified atom stereocenters. The summed E-state index contributed by atoms with van der Waals surface area (Å²) in [4.78, 5) is 8.77. The second kappa shape index (κ2) is 5.53. The Labute approximate surface area is 129 Å². The van der Waals surface area contributed by atoms with Gasteiger partial charge in [0.15, 0.2) is 9.84 Å². The monoisotopic (exact) mass is 315 g/mol. The van der Waals surface area contributed by atoms with Crippen molar-refractivity contribution in [3.05, 3.63) is 59.7 Å². The molecule has 0 bridgehead atoms. The fraction of sp³-hybridized carbons (Fsp3) is 0.250. The van der Waals surface area contributed by atoms with Crippen LogP contribution >= 0.6 is 0 Å². The first-order chi connectivity index (χ1) is 10.4. The molecule has 0 amide bonds. The van der Waals surface area contributed by atoms with Crippen LogP contribution in [0.15, 0.2) is 42.6 Å². The number of aromatic nitrogens is 3. The van der Waals surface area contributed by atoms with Crippen LogP contribution in [-0.4, -0.2) is 29.2 Å². The highest BCUT2D eigenvalue weighted by Gasteiger charge is 2.15. The Morgan fingerprint density at radius 1 is 1.14 bits per heavy atom. The average Bonchev–Trinajstić information content (AvgIpc) is 2.77. The number of benzene rings is 1. The van der Waals surface area contributed by atoms with E-state index in [0.29, 0.717) is 12.4 Å². The van der Waals surface area contributed by atoms with E-state index in [1.807, 2.05) is 54.1 Å². The molecule has 0 spiro atoms. The summed E-state index contributed by atoms with van der Waals surface area (Å²) in [6.45, 7) is 2.49. The van der Waals surface area contributed by atoms with Crippen LogP contribution in [-0.2, 0) is 22.1 Å². The lowest BCUT2D eigenvalue weighted by Crippen LogP contribution is -2.10. The fourth-order valence-electron chi connectivity index (χ4n) is 2.42. The minimum absolute atomic E-state index is 0.0685. The minimum Gasteiger partial charge on any atom is -0.323 e. The van der Waals surface area contributed by atoms with Crippen LogP contribution in [0.1, 0.15) is 17.1 Å². The number of hydrogen-bond acceptors (Lipinski definition) is 4. The summed E-state index contributed by atoms with van der Waals surface area (Å²) in [7, 11) is -3.15. The maximum Gasteiger partial charge on any atom is 0.154 e. The van der Waals surface area contributed by atoms with E-state index < -0.39 is 9.84 Å². The van der Waals surface area contributed by atoms with E-state index in [4.69, 9.17) is 0 Å². The second-order valence-electron chi connectivity index (χ2n) is 5.48. The standard InChI is InChI=1S/C16H17N3O2S/c1-12-7-8-13(9-17-12)10-19-15-6-4-3-5-14(15)18-16(19)11-22(2,20)21/h3-9H,10-11H2,1-2H3. The van der Waals surface area contributed by atoms with Crippen molar-refractivity contribution in [3.8, 4) is 0 Å². The van der Waals surface area contributed by atoms with Crippen LogP contribution in [0.4, 0.5) is 0 Å². The number of sulfone groups is 1. The molecule has 6 heteroatoms. The van der Waals surface area contributed by atoms with Crippen molar-refractivity contribution in [2.75, 3.05) is 6.26 Å². The van der Waals surface area contributed by atoms with Crippen LogP contribution in [0, 0.1) is 6.92 Å². The molecule has 5 nitrogen and oxygen atoms in total. The van der Waals surface area contributed by atoms with Crippen molar-refractivity contribution >= 4 is 20.9 Å². The lowest BCUT2D eigenvalue weighted by molar-refractivity contribution is 0.597. The van der Waals surface area contributed by atoms with E-state index >= 15 is 0 Å². The largest absolute Gasteiger partial charge is 0.323 e. The quantitative estimate of drug-likeness (QED) is 0.741. The van der Waals surface area contributed by atoms with E-state index in [1.165, 1.54) is 6.26 Å². The number of hydrogen-bond donors (Lipinski definition) is 0. The summed E-state index contributed by atoms with van der Waals surface area (Å²) in [5.41, 5.74) is 3.71. The number of pyridine rings is 1. The average molecular weight is 315 g/mol. The van der Waals surface area contributed by atoms with Gasteiger partial charge in [-0.1, -0.05) is 18.2 Å². The van der Waals surface area contributed by atoms with Gasteiger partial charge in [0.25, 0.3) is 0 Å². The third-order valence-electron chi connectivity index (χ3n) is 3.44. The summed E-state index contributed by atoms with van der Waals surface area (Å²) >= 11 is 0. The molecule has 2 heterocycles. The van der Waals surface area contributed by atoms with Crippen molar-refractivity contribution in [2.24, 2.45) is 0 Å². The molecular formula is C16H17N3O2S. The van der Waals surface area contributed by atoms with E-state index in [-0.39, 0.29) is 5.75 Å². The van der Waals surface area contributed by atoms with Crippen LogP contribution in [0.2, 0.25) is 0 Å².